The number of carbonyl (C=O) groups is 1. The summed E-state index contributed by atoms with van der Waals surface area (Å²) in [5.74, 6) is 1.07. The summed E-state index contributed by atoms with van der Waals surface area (Å²) in [6, 6.07) is 5.67. The monoisotopic (exact) mass is 312 g/mol. The number of aryl methyl sites for hydroxylation is 1. The summed E-state index contributed by atoms with van der Waals surface area (Å²) in [7, 11) is 0. The Balaban J connectivity index is 2.21. The predicted octanol–water partition coefficient (Wildman–Crippen LogP) is 3.04. The molecule has 0 atom stereocenters. The molecule has 0 aliphatic heterocycles. The van der Waals surface area contributed by atoms with Gasteiger partial charge in [-0.05, 0) is 43.9 Å². The SMILES string of the molecule is CCN(Cc1cccnc1)C(=O)c1cc(CC(C)C)nc(C)n1. The molecule has 2 aromatic rings. The highest BCUT2D eigenvalue weighted by molar-refractivity contribution is 5.92. The molecule has 0 N–H and O–H groups in total. The van der Waals surface area contributed by atoms with Crippen molar-refractivity contribution in [3.05, 3.63) is 53.4 Å². The molecule has 5 heteroatoms. The van der Waals surface area contributed by atoms with E-state index in [0.29, 0.717) is 30.5 Å². The summed E-state index contributed by atoms with van der Waals surface area (Å²) in [5, 5.41) is 0. The fourth-order valence-electron chi connectivity index (χ4n) is 2.46. The number of nitrogens with zero attached hydrogens (tertiary/aromatic N) is 4. The predicted molar refractivity (Wildman–Crippen MR) is 90.0 cm³/mol. The minimum absolute atomic E-state index is 0.0631. The molecule has 0 aliphatic carbocycles. The molecule has 0 saturated carbocycles. The summed E-state index contributed by atoms with van der Waals surface area (Å²) in [4.78, 5) is 27.4. The van der Waals surface area contributed by atoms with Crippen LogP contribution in [0.25, 0.3) is 0 Å². The van der Waals surface area contributed by atoms with E-state index in [2.05, 4.69) is 28.8 Å². The summed E-state index contributed by atoms with van der Waals surface area (Å²) < 4.78 is 0. The van der Waals surface area contributed by atoms with Crippen LogP contribution in [0.5, 0.6) is 0 Å². The third-order valence-electron chi connectivity index (χ3n) is 3.49. The van der Waals surface area contributed by atoms with Crippen molar-refractivity contribution in [2.24, 2.45) is 5.92 Å². The van der Waals surface area contributed by atoms with Crippen LogP contribution < -0.4 is 0 Å². The van der Waals surface area contributed by atoms with E-state index >= 15 is 0 Å². The highest BCUT2D eigenvalue weighted by Crippen LogP contribution is 2.12. The average Bonchev–Trinajstić information content (AvgIpc) is 2.51. The van der Waals surface area contributed by atoms with Crippen LogP contribution in [0.3, 0.4) is 0 Å². The van der Waals surface area contributed by atoms with Gasteiger partial charge in [0.15, 0.2) is 0 Å². The zero-order valence-corrected chi connectivity index (χ0v) is 14.3. The Kier molecular flexibility index (Phi) is 5.79. The average molecular weight is 312 g/mol. The Morgan fingerprint density at radius 1 is 1.30 bits per heavy atom. The summed E-state index contributed by atoms with van der Waals surface area (Å²) >= 11 is 0. The third-order valence-corrected chi connectivity index (χ3v) is 3.49. The Morgan fingerprint density at radius 3 is 2.70 bits per heavy atom. The van der Waals surface area contributed by atoms with Gasteiger partial charge in [0.1, 0.15) is 11.5 Å². The van der Waals surface area contributed by atoms with Crippen molar-refractivity contribution < 1.29 is 4.79 Å². The molecule has 2 aromatic heterocycles. The van der Waals surface area contributed by atoms with E-state index in [1.807, 2.05) is 32.0 Å². The van der Waals surface area contributed by atoms with Gasteiger partial charge in [-0.15, -0.1) is 0 Å². The molecule has 0 radical (unpaired) electrons. The Morgan fingerprint density at radius 2 is 2.09 bits per heavy atom. The van der Waals surface area contributed by atoms with Gasteiger partial charge in [0.05, 0.1) is 0 Å². The molecule has 0 fully saturated rings. The Bertz CT molecular complexity index is 655. The van der Waals surface area contributed by atoms with Crippen LogP contribution in [-0.2, 0) is 13.0 Å². The molecule has 5 nitrogen and oxygen atoms in total. The lowest BCUT2D eigenvalue weighted by Gasteiger charge is -2.21. The summed E-state index contributed by atoms with van der Waals surface area (Å²) in [5.41, 5.74) is 2.41. The van der Waals surface area contributed by atoms with Gasteiger partial charge >= 0.3 is 0 Å². The number of aromatic nitrogens is 3. The van der Waals surface area contributed by atoms with Gasteiger partial charge in [0.2, 0.25) is 0 Å². The minimum atomic E-state index is -0.0631. The zero-order valence-electron chi connectivity index (χ0n) is 14.3. The maximum atomic E-state index is 12.8. The van der Waals surface area contributed by atoms with Gasteiger partial charge in [-0.2, -0.15) is 0 Å². The minimum Gasteiger partial charge on any atom is -0.333 e. The molecule has 0 aliphatic rings. The zero-order chi connectivity index (χ0) is 16.8. The molecule has 2 heterocycles. The first kappa shape index (κ1) is 17.1. The number of hydrogen-bond donors (Lipinski definition) is 0. The van der Waals surface area contributed by atoms with E-state index in [0.717, 1.165) is 17.7 Å². The van der Waals surface area contributed by atoms with Gasteiger partial charge in [-0.3, -0.25) is 9.78 Å². The maximum absolute atomic E-state index is 12.8. The second-order valence-corrected chi connectivity index (χ2v) is 6.07. The van der Waals surface area contributed by atoms with Gasteiger partial charge < -0.3 is 4.90 Å². The van der Waals surface area contributed by atoms with Crippen LogP contribution in [0, 0.1) is 12.8 Å². The summed E-state index contributed by atoms with van der Waals surface area (Å²) in [6.07, 6.45) is 4.36. The van der Waals surface area contributed by atoms with Crippen LogP contribution in [0.2, 0.25) is 0 Å². The molecule has 1 amide bonds. The normalized spacial score (nSPS) is 10.8. The molecule has 0 unspecified atom stereocenters. The van der Waals surface area contributed by atoms with E-state index in [4.69, 9.17) is 0 Å². The van der Waals surface area contributed by atoms with Crippen LogP contribution >= 0.6 is 0 Å². The first-order valence-electron chi connectivity index (χ1n) is 8.02. The lowest BCUT2D eigenvalue weighted by molar-refractivity contribution is 0.0746. The smallest absolute Gasteiger partial charge is 0.272 e. The Labute approximate surface area is 137 Å². The van der Waals surface area contributed by atoms with E-state index in [-0.39, 0.29) is 5.91 Å². The third kappa shape index (κ3) is 4.84. The molecule has 0 saturated heterocycles. The van der Waals surface area contributed by atoms with Gasteiger partial charge in [-0.25, -0.2) is 9.97 Å². The number of amides is 1. The largest absolute Gasteiger partial charge is 0.333 e. The highest BCUT2D eigenvalue weighted by Gasteiger charge is 2.18. The van der Waals surface area contributed by atoms with E-state index < -0.39 is 0 Å². The quantitative estimate of drug-likeness (QED) is 0.822. The summed E-state index contributed by atoms with van der Waals surface area (Å²) in [6.45, 7) is 9.23. The van der Waals surface area contributed by atoms with Crippen molar-refractivity contribution >= 4 is 5.91 Å². The van der Waals surface area contributed by atoms with Gasteiger partial charge in [0, 0.05) is 31.2 Å². The van der Waals surface area contributed by atoms with E-state index in [1.165, 1.54) is 0 Å². The lowest BCUT2D eigenvalue weighted by atomic mass is 10.1. The van der Waals surface area contributed by atoms with Crippen molar-refractivity contribution in [1.29, 1.82) is 0 Å². The topological polar surface area (TPSA) is 59.0 Å². The van der Waals surface area contributed by atoms with Crippen molar-refractivity contribution in [2.45, 2.75) is 40.7 Å². The molecular formula is C18H24N4O. The van der Waals surface area contributed by atoms with Crippen molar-refractivity contribution in [3.63, 3.8) is 0 Å². The molecule has 23 heavy (non-hydrogen) atoms. The first-order chi connectivity index (χ1) is 11.0. The lowest BCUT2D eigenvalue weighted by Crippen LogP contribution is -2.31. The molecule has 0 spiro atoms. The fourth-order valence-corrected chi connectivity index (χ4v) is 2.46. The molecule has 122 valence electrons. The second-order valence-electron chi connectivity index (χ2n) is 6.07. The standard InChI is InChI=1S/C18H24N4O/c1-5-22(12-15-7-6-8-19-11-15)18(23)17-10-16(9-13(2)3)20-14(4)21-17/h6-8,10-11,13H,5,9,12H2,1-4H3. The van der Waals surface area contributed by atoms with Crippen molar-refractivity contribution in [2.75, 3.05) is 6.54 Å². The van der Waals surface area contributed by atoms with Gasteiger partial charge in [0.25, 0.3) is 5.91 Å². The Hall–Kier alpha value is -2.30. The van der Waals surface area contributed by atoms with Gasteiger partial charge in [-0.1, -0.05) is 19.9 Å². The van der Waals surface area contributed by atoms with Crippen LogP contribution in [0.1, 0.15) is 48.3 Å². The fraction of sp³-hybridized carbons (Fsp3) is 0.444. The molecule has 0 aromatic carbocycles. The highest BCUT2D eigenvalue weighted by atomic mass is 16.2. The number of pyridine rings is 1. The van der Waals surface area contributed by atoms with E-state index in [1.54, 1.807) is 17.3 Å². The van der Waals surface area contributed by atoms with E-state index in [9.17, 15) is 4.79 Å². The first-order valence-corrected chi connectivity index (χ1v) is 8.02. The van der Waals surface area contributed by atoms with Crippen LogP contribution in [0.15, 0.2) is 30.6 Å². The molecule has 0 bridgehead atoms. The van der Waals surface area contributed by atoms with Crippen molar-refractivity contribution in [1.82, 2.24) is 19.9 Å². The molecular weight excluding hydrogens is 288 g/mol. The second kappa shape index (κ2) is 7.81. The van der Waals surface area contributed by atoms with Crippen molar-refractivity contribution in [3.8, 4) is 0 Å². The maximum Gasteiger partial charge on any atom is 0.272 e. The number of hydrogen-bond acceptors (Lipinski definition) is 4. The van der Waals surface area contributed by atoms with Crippen LogP contribution in [-0.4, -0.2) is 32.3 Å². The molecule has 2 rings (SSSR count). The number of rotatable bonds is 6. The van der Waals surface area contributed by atoms with Crippen LogP contribution in [0.4, 0.5) is 0 Å². The number of carbonyl (C=O) groups excluding carboxylic acids is 1.